The third kappa shape index (κ3) is 4.21. The average Bonchev–Trinajstić information content (AvgIpc) is 2.70. The van der Waals surface area contributed by atoms with E-state index in [4.69, 9.17) is 10.00 Å². The third-order valence-electron chi connectivity index (χ3n) is 4.46. The van der Waals surface area contributed by atoms with Gasteiger partial charge in [0.25, 0.3) is 0 Å². The molecule has 1 aliphatic rings. The Morgan fingerprint density at radius 1 is 1.14 bits per heavy atom. The molecule has 0 N–H and O–H groups in total. The molecule has 0 spiro atoms. The molecule has 2 aromatic rings. The SMILES string of the molecule is CS(=O)(=O)N1CCCc2cc(C(=O)COC(=O)c3ccc(C#N)cc3)ccc21. The number of hydrogen-bond donors (Lipinski definition) is 0. The standard InChI is InChI=1S/C20H18N2O5S/c1-28(25,26)22-10-2-3-16-11-17(8-9-18(16)22)19(23)13-27-20(24)15-6-4-14(12-21)5-7-15/h4-9,11H,2-3,10,13H2,1H3. The predicted octanol–water partition coefficient (Wildman–Crippen LogP) is 2.31. The van der Waals surface area contributed by atoms with Crippen LogP contribution in [0.2, 0.25) is 0 Å². The number of nitriles is 1. The van der Waals surface area contributed by atoms with Gasteiger partial charge < -0.3 is 4.74 Å². The van der Waals surface area contributed by atoms with Gasteiger partial charge in [0.1, 0.15) is 0 Å². The summed E-state index contributed by atoms with van der Waals surface area (Å²) in [5.41, 5.74) is 2.40. The number of nitrogens with zero attached hydrogens (tertiary/aromatic N) is 2. The molecule has 8 heteroatoms. The molecule has 0 saturated heterocycles. The zero-order valence-electron chi connectivity index (χ0n) is 15.2. The fourth-order valence-corrected chi connectivity index (χ4v) is 4.06. The summed E-state index contributed by atoms with van der Waals surface area (Å²) in [5, 5.41) is 8.77. The van der Waals surface area contributed by atoms with Crippen LogP contribution in [0.25, 0.3) is 0 Å². The first-order valence-electron chi connectivity index (χ1n) is 8.61. The lowest BCUT2D eigenvalue weighted by atomic mass is 9.99. The summed E-state index contributed by atoms with van der Waals surface area (Å²) in [6.45, 7) is -0.00522. The quantitative estimate of drug-likeness (QED) is 0.565. The van der Waals surface area contributed by atoms with Crippen molar-refractivity contribution in [1.29, 1.82) is 5.26 Å². The third-order valence-corrected chi connectivity index (χ3v) is 5.64. The van der Waals surface area contributed by atoms with Crippen LogP contribution in [0.1, 0.15) is 38.3 Å². The summed E-state index contributed by atoms with van der Waals surface area (Å²) in [7, 11) is -3.37. The van der Waals surface area contributed by atoms with Crippen LogP contribution in [0.3, 0.4) is 0 Å². The van der Waals surface area contributed by atoms with Crippen LogP contribution in [0.4, 0.5) is 5.69 Å². The summed E-state index contributed by atoms with van der Waals surface area (Å²) < 4.78 is 30.2. The maximum Gasteiger partial charge on any atom is 0.338 e. The Morgan fingerprint density at radius 3 is 2.46 bits per heavy atom. The molecule has 0 unspecified atom stereocenters. The van der Waals surface area contributed by atoms with Crippen molar-refractivity contribution in [3.05, 3.63) is 64.7 Å². The van der Waals surface area contributed by atoms with Gasteiger partial charge in [0, 0.05) is 12.1 Å². The summed E-state index contributed by atoms with van der Waals surface area (Å²) in [5.74, 6) is -1.03. The van der Waals surface area contributed by atoms with Crippen LogP contribution in [0.15, 0.2) is 42.5 Å². The summed E-state index contributed by atoms with van der Waals surface area (Å²) in [4.78, 5) is 24.4. The number of rotatable bonds is 5. The Hall–Kier alpha value is -3.18. The molecule has 2 aromatic carbocycles. The van der Waals surface area contributed by atoms with Crippen molar-refractivity contribution in [2.75, 3.05) is 23.7 Å². The van der Waals surface area contributed by atoms with Crippen molar-refractivity contribution in [3.63, 3.8) is 0 Å². The molecule has 3 rings (SSSR count). The highest BCUT2D eigenvalue weighted by atomic mass is 32.2. The van der Waals surface area contributed by atoms with Crippen molar-refractivity contribution in [1.82, 2.24) is 0 Å². The minimum absolute atomic E-state index is 0.251. The second-order valence-electron chi connectivity index (χ2n) is 6.47. The Kier molecular flexibility index (Phi) is 5.47. The van der Waals surface area contributed by atoms with Crippen LogP contribution in [-0.2, 0) is 21.2 Å². The Morgan fingerprint density at radius 2 is 1.82 bits per heavy atom. The van der Waals surface area contributed by atoms with Crippen LogP contribution >= 0.6 is 0 Å². The van der Waals surface area contributed by atoms with Crippen molar-refractivity contribution in [3.8, 4) is 6.07 Å². The summed E-state index contributed by atoms with van der Waals surface area (Å²) in [6.07, 6.45) is 2.50. The fraction of sp³-hybridized carbons (Fsp3) is 0.250. The second-order valence-corrected chi connectivity index (χ2v) is 8.38. The highest BCUT2D eigenvalue weighted by molar-refractivity contribution is 7.92. The van der Waals surface area contributed by atoms with E-state index in [-0.39, 0.29) is 11.3 Å². The minimum atomic E-state index is -3.37. The van der Waals surface area contributed by atoms with Gasteiger partial charge >= 0.3 is 5.97 Å². The predicted molar refractivity (Wildman–Crippen MR) is 103 cm³/mol. The lowest BCUT2D eigenvalue weighted by molar-refractivity contribution is 0.0474. The van der Waals surface area contributed by atoms with E-state index in [2.05, 4.69) is 0 Å². The Bertz CT molecular complexity index is 1070. The maximum absolute atomic E-state index is 12.4. The topological polar surface area (TPSA) is 105 Å². The Balaban J connectivity index is 1.69. The second kappa shape index (κ2) is 7.82. The molecular weight excluding hydrogens is 380 g/mol. The van der Waals surface area contributed by atoms with E-state index in [1.807, 2.05) is 6.07 Å². The van der Waals surface area contributed by atoms with E-state index >= 15 is 0 Å². The number of ketones is 1. The van der Waals surface area contributed by atoms with Crippen molar-refractivity contribution in [2.24, 2.45) is 0 Å². The number of aryl methyl sites for hydroxylation is 1. The van der Waals surface area contributed by atoms with E-state index in [0.717, 1.165) is 11.8 Å². The first kappa shape index (κ1) is 19.6. The smallest absolute Gasteiger partial charge is 0.338 e. The average molecular weight is 398 g/mol. The number of benzene rings is 2. The molecular formula is C20H18N2O5S. The molecule has 0 saturated carbocycles. The number of Topliss-reactive ketones (excluding diaryl/α,β-unsaturated/α-hetero) is 1. The molecule has 0 fully saturated rings. The number of carbonyl (C=O) groups excluding carboxylic acids is 2. The van der Waals surface area contributed by atoms with Crippen LogP contribution in [-0.4, -0.2) is 39.6 Å². The summed E-state index contributed by atoms with van der Waals surface area (Å²) in [6, 6.07) is 12.7. The monoisotopic (exact) mass is 398 g/mol. The molecule has 0 radical (unpaired) electrons. The first-order valence-corrected chi connectivity index (χ1v) is 10.5. The van der Waals surface area contributed by atoms with Gasteiger partial charge in [-0.25, -0.2) is 13.2 Å². The molecule has 0 amide bonds. The van der Waals surface area contributed by atoms with Crippen LogP contribution < -0.4 is 4.31 Å². The van der Waals surface area contributed by atoms with E-state index in [9.17, 15) is 18.0 Å². The lowest BCUT2D eigenvalue weighted by Crippen LogP contribution is -2.34. The van der Waals surface area contributed by atoms with E-state index in [1.54, 1.807) is 18.2 Å². The molecule has 28 heavy (non-hydrogen) atoms. The number of carbonyl (C=O) groups is 2. The number of sulfonamides is 1. The first-order chi connectivity index (χ1) is 13.3. The van der Waals surface area contributed by atoms with Gasteiger partial charge in [0.05, 0.1) is 29.1 Å². The van der Waals surface area contributed by atoms with Crippen LogP contribution in [0, 0.1) is 11.3 Å². The number of esters is 1. The zero-order valence-corrected chi connectivity index (χ0v) is 16.0. The number of anilines is 1. The van der Waals surface area contributed by atoms with Crippen LogP contribution in [0.5, 0.6) is 0 Å². The molecule has 1 heterocycles. The van der Waals surface area contributed by atoms with Crippen molar-refractivity contribution >= 4 is 27.5 Å². The Labute approximate surface area is 163 Å². The number of fused-ring (bicyclic) bond motifs is 1. The lowest BCUT2D eigenvalue weighted by Gasteiger charge is -2.29. The normalized spacial score (nSPS) is 13.4. The van der Waals surface area contributed by atoms with E-state index < -0.39 is 22.6 Å². The zero-order chi connectivity index (χ0) is 20.3. The molecule has 7 nitrogen and oxygen atoms in total. The maximum atomic E-state index is 12.4. The molecule has 0 aliphatic carbocycles. The van der Waals surface area contributed by atoms with Gasteiger partial charge in [0.15, 0.2) is 12.4 Å². The van der Waals surface area contributed by atoms with E-state index in [1.165, 1.54) is 28.6 Å². The molecule has 1 aliphatic heterocycles. The van der Waals surface area contributed by atoms with Gasteiger partial charge in [-0.05, 0) is 60.9 Å². The van der Waals surface area contributed by atoms with Crippen molar-refractivity contribution < 1.29 is 22.7 Å². The number of ether oxygens (including phenoxy) is 1. The fourth-order valence-electron chi connectivity index (χ4n) is 3.06. The number of hydrogen-bond acceptors (Lipinski definition) is 6. The minimum Gasteiger partial charge on any atom is -0.454 e. The van der Waals surface area contributed by atoms with E-state index in [0.29, 0.717) is 36.2 Å². The van der Waals surface area contributed by atoms with Gasteiger partial charge in [-0.3, -0.25) is 9.10 Å². The summed E-state index contributed by atoms with van der Waals surface area (Å²) >= 11 is 0. The molecule has 0 aromatic heterocycles. The van der Waals surface area contributed by atoms with Crippen molar-refractivity contribution in [2.45, 2.75) is 12.8 Å². The van der Waals surface area contributed by atoms with Gasteiger partial charge in [0.2, 0.25) is 10.0 Å². The highest BCUT2D eigenvalue weighted by Crippen LogP contribution is 2.30. The van der Waals surface area contributed by atoms with Gasteiger partial charge in [-0.1, -0.05) is 0 Å². The van der Waals surface area contributed by atoms with Gasteiger partial charge in [-0.15, -0.1) is 0 Å². The molecule has 0 atom stereocenters. The molecule has 144 valence electrons. The largest absolute Gasteiger partial charge is 0.454 e. The van der Waals surface area contributed by atoms with Gasteiger partial charge in [-0.2, -0.15) is 5.26 Å². The highest BCUT2D eigenvalue weighted by Gasteiger charge is 2.24. The molecule has 0 bridgehead atoms.